The van der Waals surface area contributed by atoms with E-state index >= 15 is 0 Å². The van der Waals surface area contributed by atoms with Gasteiger partial charge in [0.25, 0.3) is 0 Å². The standard InChI is InChI=1S/C16H31NS/c1-15-7-6-11-17(12-8-15)13-16(14-18)9-4-2-3-5-10-16/h15,18H,2-14H2,1H3. The third kappa shape index (κ3) is 4.16. The van der Waals surface area contributed by atoms with Gasteiger partial charge in [0, 0.05) is 6.54 Å². The smallest absolute Gasteiger partial charge is 0.00458 e. The molecule has 0 radical (unpaired) electrons. The molecule has 0 aromatic rings. The molecule has 0 aromatic carbocycles. The molecule has 2 heteroatoms. The third-order valence-electron chi connectivity index (χ3n) is 5.17. The normalized spacial score (nSPS) is 30.7. The highest BCUT2D eigenvalue weighted by Gasteiger charge is 2.32. The van der Waals surface area contributed by atoms with Gasteiger partial charge in [-0.25, -0.2) is 0 Å². The summed E-state index contributed by atoms with van der Waals surface area (Å²) in [4.78, 5) is 2.76. The lowest BCUT2D eigenvalue weighted by Gasteiger charge is -2.36. The third-order valence-corrected chi connectivity index (χ3v) is 5.84. The average Bonchev–Trinajstić information content (AvgIpc) is 2.72. The first-order chi connectivity index (χ1) is 8.74. The first kappa shape index (κ1) is 14.7. The first-order valence-electron chi connectivity index (χ1n) is 8.07. The Kier molecular flexibility index (Phi) is 5.88. The van der Waals surface area contributed by atoms with Crippen molar-refractivity contribution < 1.29 is 0 Å². The number of thiol groups is 1. The second-order valence-corrected chi connectivity index (χ2v) is 7.20. The maximum absolute atomic E-state index is 4.71. The lowest BCUT2D eigenvalue weighted by Crippen LogP contribution is -2.39. The van der Waals surface area contributed by atoms with Crippen molar-refractivity contribution in [2.45, 2.75) is 64.7 Å². The Bertz CT molecular complexity index is 233. The minimum absolute atomic E-state index is 0.535. The molecule has 1 aliphatic carbocycles. The number of likely N-dealkylation sites (tertiary alicyclic amines) is 1. The van der Waals surface area contributed by atoms with E-state index < -0.39 is 0 Å². The van der Waals surface area contributed by atoms with Gasteiger partial charge < -0.3 is 4.90 Å². The van der Waals surface area contributed by atoms with Crippen LogP contribution >= 0.6 is 12.6 Å². The van der Waals surface area contributed by atoms with Crippen LogP contribution in [0.5, 0.6) is 0 Å². The molecular formula is C16H31NS. The van der Waals surface area contributed by atoms with E-state index in [4.69, 9.17) is 12.6 Å². The number of nitrogens with zero attached hydrogens (tertiary/aromatic N) is 1. The van der Waals surface area contributed by atoms with Crippen molar-refractivity contribution in [2.24, 2.45) is 11.3 Å². The Hall–Kier alpha value is 0.310. The summed E-state index contributed by atoms with van der Waals surface area (Å²) < 4.78 is 0. The molecule has 1 heterocycles. The summed E-state index contributed by atoms with van der Waals surface area (Å²) in [5.74, 6) is 2.04. The van der Waals surface area contributed by atoms with Gasteiger partial charge in [-0.3, -0.25) is 0 Å². The fraction of sp³-hybridized carbons (Fsp3) is 1.00. The minimum atomic E-state index is 0.535. The average molecular weight is 269 g/mol. The van der Waals surface area contributed by atoms with E-state index in [9.17, 15) is 0 Å². The zero-order valence-corrected chi connectivity index (χ0v) is 13.1. The van der Waals surface area contributed by atoms with Crippen LogP contribution in [0.2, 0.25) is 0 Å². The Labute approximate surface area is 119 Å². The molecule has 0 spiro atoms. The minimum Gasteiger partial charge on any atom is -0.303 e. The summed E-state index contributed by atoms with van der Waals surface area (Å²) in [5.41, 5.74) is 0.535. The highest BCUT2D eigenvalue weighted by molar-refractivity contribution is 7.80. The molecule has 0 N–H and O–H groups in total. The summed E-state index contributed by atoms with van der Waals surface area (Å²) in [7, 11) is 0. The van der Waals surface area contributed by atoms with Gasteiger partial charge in [0.15, 0.2) is 0 Å². The molecule has 1 atom stereocenters. The van der Waals surface area contributed by atoms with Crippen LogP contribution in [-0.4, -0.2) is 30.3 Å². The highest BCUT2D eigenvalue weighted by atomic mass is 32.1. The Morgan fingerprint density at radius 1 is 1.00 bits per heavy atom. The molecule has 1 unspecified atom stereocenters. The van der Waals surface area contributed by atoms with Crippen LogP contribution in [0, 0.1) is 11.3 Å². The van der Waals surface area contributed by atoms with Crippen molar-refractivity contribution in [1.29, 1.82) is 0 Å². The Morgan fingerprint density at radius 3 is 2.39 bits per heavy atom. The van der Waals surface area contributed by atoms with Crippen molar-refractivity contribution in [1.82, 2.24) is 4.90 Å². The monoisotopic (exact) mass is 269 g/mol. The Morgan fingerprint density at radius 2 is 1.72 bits per heavy atom. The van der Waals surface area contributed by atoms with Crippen LogP contribution in [0.3, 0.4) is 0 Å². The lowest BCUT2D eigenvalue weighted by molar-refractivity contribution is 0.153. The van der Waals surface area contributed by atoms with E-state index in [-0.39, 0.29) is 0 Å². The molecule has 2 aliphatic rings. The molecule has 2 rings (SSSR count). The van der Waals surface area contributed by atoms with Gasteiger partial charge in [0.1, 0.15) is 0 Å². The van der Waals surface area contributed by atoms with E-state index in [0.717, 1.165) is 11.7 Å². The molecular weight excluding hydrogens is 238 g/mol. The van der Waals surface area contributed by atoms with Crippen molar-refractivity contribution in [2.75, 3.05) is 25.4 Å². The molecule has 1 aliphatic heterocycles. The van der Waals surface area contributed by atoms with Gasteiger partial charge in [0.05, 0.1) is 0 Å². The second kappa shape index (κ2) is 7.19. The first-order valence-corrected chi connectivity index (χ1v) is 8.71. The van der Waals surface area contributed by atoms with E-state index in [1.54, 1.807) is 0 Å². The van der Waals surface area contributed by atoms with Crippen LogP contribution in [-0.2, 0) is 0 Å². The summed E-state index contributed by atoms with van der Waals surface area (Å²) in [6, 6.07) is 0. The summed E-state index contributed by atoms with van der Waals surface area (Å²) in [6.07, 6.45) is 12.9. The summed E-state index contributed by atoms with van der Waals surface area (Å²) >= 11 is 4.71. The zero-order valence-electron chi connectivity index (χ0n) is 12.2. The molecule has 106 valence electrons. The highest BCUT2D eigenvalue weighted by Crippen LogP contribution is 2.37. The van der Waals surface area contributed by atoms with Gasteiger partial charge >= 0.3 is 0 Å². The molecule has 0 aromatic heterocycles. The van der Waals surface area contributed by atoms with Crippen LogP contribution < -0.4 is 0 Å². The number of rotatable bonds is 3. The zero-order chi connectivity index (χ0) is 12.8. The quantitative estimate of drug-likeness (QED) is 0.588. The number of hydrogen-bond donors (Lipinski definition) is 1. The van der Waals surface area contributed by atoms with Gasteiger partial charge in [-0.2, -0.15) is 12.6 Å². The molecule has 1 saturated carbocycles. The van der Waals surface area contributed by atoms with Crippen molar-refractivity contribution >= 4 is 12.6 Å². The molecule has 18 heavy (non-hydrogen) atoms. The van der Waals surface area contributed by atoms with Gasteiger partial charge in [-0.1, -0.05) is 32.6 Å². The predicted molar refractivity (Wildman–Crippen MR) is 83.4 cm³/mol. The van der Waals surface area contributed by atoms with Gasteiger partial charge in [-0.15, -0.1) is 0 Å². The molecule has 0 bridgehead atoms. The largest absolute Gasteiger partial charge is 0.303 e. The molecule has 1 nitrogen and oxygen atoms in total. The van der Waals surface area contributed by atoms with Crippen LogP contribution in [0.4, 0.5) is 0 Å². The van der Waals surface area contributed by atoms with Crippen LogP contribution in [0.25, 0.3) is 0 Å². The lowest BCUT2D eigenvalue weighted by atomic mass is 9.81. The van der Waals surface area contributed by atoms with Crippen molar-refractivity contribution in [3.05, 3.63) is 0 Å². The summed E-state index contributed by atoms with van der Waals surface area (Å²) in [5, 5.41) is 0. The fourth-order valence-electron chi connectivity index (χ4n) is 3.80. The number of hydrogen-bond acceptors (Lipinski definition) is 2. The Balaban J connectivity index is 1.91. The van der Waals surface area contributed by atoms with Gasteiger partial charge in [0.2, 0.25) is 0 Å². The second-order valence-electron chi connectivity index (χ2n) is 6.88. The molecule has 0 amide bonds. The van der Waals surface area contributed by atoms with E-state index in [0.29, 0.717) is 5.41 Å². The maximum Gasteiger partial charge on any atom is 0.00458 e. The topological polar surface area (TPSA) is 3.24 Å². The van der Waals surface area contributed by atoms with Crippen LogP contribution in [0.1, 0.15) is 64.7 Å². The molecule has 2 fully saturated rings. The van der Waals surface area contributed by atoms with E-state index in [1.165, 1.54) is 77.4 Å². The van der Waals surface area contributed by atoms with Crippen molar-refractivity contribution in [3.8, 4) is 0 Å². The van der Waals surface area contributed by atoms with Gasteiger partial charge in [-0.05, 0) is 62.3 Å². The fourth-order valence-corrected chi connectivity index (χ4v) is 4.22. The van der Waals surface area contributed by atoms with Crippen LogP contribution in [0.15, 0.2) is 0 Å². The van der Waals surface area contributed by atoms with E-state index in [1.807, 2.05) is 0 Å². The van der Waals surface area contributed by atoms with E-state index in [2.05, 4.69) is 11.8 Å². The summed E-state index contributed by atoms with van der Waals surface area (Å²) in [6.45, 7) is 6.41. The SMILES string of the molecule is CC1CCCN(CC2(CS)CCCCCC2)CC1. The molecule has 1 saturated heterocycles. The maximum atomic E-state index is 4.71. The predicted octanol–water partition coefficient (Wildman–Crippen LogP) is 4.38. The van der Waals surface area contributed by atoms with Crippen molar-refractivity contribution in [3.63, 3.8) is 0 Å².